The third-order valence-electron chi connectivity index (χ3n) is 6.48. The van der Waals surface area contributed by atoms with E-state index in [2.05, 4.69) is 20.7 Å². The number of piperidine rings is 1. The zero-order valence-electron chi connectivity index (χ0n) is 17.6. The summed E-state index contributed by atoms with van der Waals surface area (Å²) in [5.41, 5.74) is -0.851. The smallest absolute Gasteiger partial charge is 0.484 e. The minimum absolute atomic E-state index is 0.0395. The van der Waals surface area contributed by atoms with Gasteiger partial charge in [0.25, 0.3) is 5.91 Å². The summed E-state index contributed by atoms with van der Waals surface area (Å²) in [5.74, 6) is -1.05. The molecule has 7 nitrogen and oxygen atoms in total. The molecule has 0 aromatic heterocycles. The van der Waals surface area contributed by atoms with Crippen molar-refractivity contribution in [1.29, 1.82) is 0 Å². The van der Waals surface area contributed by atoms with Crippen molar-refractivity contribution in [3.63, 3.8) is 0 Å². The van der Waals surface area contributed by atoms with E-state index in [1.54, 1.807) is 0 Å². The van der Waals surface area contributed by atoms with Crippen molar-refractivity contribution in [2.75, 3.05) is 13.2 Å². The first-order chi connectivity index (χ1) is 15.5. The zero-order chi connectivity index (χ0) is 23.9. The van der Waals surface area contributed by atoms with Gasteiger partial charge >= 0.3 is 6.36 Å². The van der Waals surface area contributed by atoms with Crippen LogP contribution in [-0.2, 0) is 14.3 Å². The third kappa shape index (κ3) is 5.70. The molecule has 2 unspecified atom stereocenters. The predicted octanol–water partition coefficient (Wildman–Crippen LogP) is 2.81. The quantitative estimate of drug-likeness (QED) is 0.508. The molecule has 2 amide bonds. The molecule has 0 radical (unpaired) electrons. The highest BCUT2D eigenvalue weighted by Gasteiger charge is 2.62. The summed E-state index contributed by atoms with van der Waals surface area (Å²) in [5, 5.41) is 8.75. The second-order valence-corrected chi connectivity index (χ2v) is 9.45. The van der Waals surface area contributed by atoms with E-state index in [1.165, 1.54) is 12.1 Å². The van der Waals surface area contributed by atoms with Gasteiger partial charge in [0.1, 0.15) is 11.6 Å². The maximum Gasteiger partial charge on any atom is 0.522 e. The lowest BCUT2D eigenvalue weighted by molar-refractivity contribution is -0.343. The fourth-order valence-electron chi connectivity index (χ4n) is 5.12. The summed E-state index contributed by atoms with van der Waals surface area (Å²) in [7, 11) is 0. The first-order valence-corrected chi connectivity index (χ1v) is 11.0. The molecule has 3 saturated carbocycles. The minimum atomic E-state index is -4.69. The summed E-state index contributed by atoms with van der Waals surface area (Å²) in [6.45, 7) is -0.336. The topological polar surface area (TPSA) is 88.7 Å². The molecule has 1 aliphatic heterocycles. The van der Waals surface area contributed by atoms with Crippen molar-refractivity contribution in [3.8, 4) is 5.75 Å². The van der Waals surface area contributed by atoms with Crippen molar-refractivity contribution < 1.29 is 36.6 Å². The zero-order valence-corrected chi connectivity index (χ0v) is 18.3. The van der Waals surface area contributed by atoms with Crippen molar-refractivity contribution in [2.45, 2.75) is 68.1 Å². The number of hydrogen-bond donors (Lipinski definition) is 3. The maximum absolute atomic E-state index is 13.5. The van der Waals surface area contributed by atoms with Gasteiger partial charge in [0.2, 0.25) is 5.91 Å². The maximum atomic E-state index is 13.5. The van der Waals surface area contributed by atoms with Gasteiger partial charge in [0, 0.05) is 23.7 Å². The lowest BCUT2D eigenvalue weighted by Gasteiger charge is -2.48. The van der Waals surface area contributed by atoms with Crippen LogP contribution in [-0.4, -0.2) is 54.6 Å². The van der Waals surface area contributed by atoms with E-state index < -0.39 is 35.4 Å². The molecule has 1 heterocycles. The summed E-state index contributed by atoms with van der Waals surface area (Å²) in [6.07, 6.45) is -2.80. The molecule has 3 N–H and O–H groups in total. The Kier molecular flexibility index (Phi) is 6.49. The molecule has 1 aromatic carbocycles. The molecule has 4 fully saturated rings. The highest BCUT2D eigenvalue weighted by atomic mass is 35.5. The molecule has 1 saturated heterocycles. The first-order valence-electron chi connectivity index (χ1n) is 10.7. The molecule has 2 atom stereocenters. The lowest BCUT2D eigenvalue weighted by atomic mass is 9.71. The van der Waals surface area contributed by atoms with Gasteiger partial charge in [-0.3, -0.25) is 14.3 Å². The molecule has 182 valence electrons. The molecular formula is C21H24ClF4N3O4. The molecular weight excluding hydrogens is 470 g/mol. The molecule has 3 aliphatic carbocycles. The van der Waals surface area contributed by atoms with Crippen LogP contribution < -0.4 is 20.7 Å². The van der Waals surface area contributed by atoms with Gasteiger partial charge in [0.15, 0.2) is 6.61 Å². The number of rotatable bonds is 7. The lowest BCUT2D eigenvalue weighted by Crippen LogP contribution is -2.66. The van der Waals surface area contributed by atoms with E-state index in [4.69, 9.17) is 16.3 Å². The van der Waals surface area contributed by atoms with E-state index >= 15 is 0 Å². The first kappa shape index (κ1) is 24.0. The van der Waals surface area contributed by atoms with Crippen LogP contribution in [0, 0.1) is 5.82 Å². The molecule has 0 spiro atoms. The van der Waals surface area contributed by atoms with Gasteiger partial charge in [0.05, 0.1) is 17.2 Å². The molecule has 33 heavy (non-hydrogen) atoms. The highest BCUT2D eigenvalue weighted by molar-refractivity contribution is 6.30. The number of hydrogen-bond acceptors (Lipinski definition) is 5. The Morgan fingerprint density at radius 2 is 1.85 bits per heavy atom. The molecule has 4 aliphatic rings. The van der Waals surface area contributed by atoms with Gasteiger partial charge in [-0.15, -0.1) is 13.2 Å². The largest absolute Gasteiger partial charge is 0.522 e. The third-order valence-corrected chi connectivity index (χ3v) is 6.78. The molecule has 2 bridgehead atoms. The number of benzene rings is 1. The number of fused-ring (bicyclic) bond motifs is 1. The number of carbonyl (C=O) groups excluding carboxylic acids is 2. The summed E-state index contributed by atoms with van der Waals surface area (Å²) >= 11 is 5.62. The predicted molar refractivity (Wildman–Crippen MR) is 109 cm³/mol. The monoisotopic (exact) mass is 493 g/mol. The van der Waals surface area contributed by atoms with Crippen molar-refractivity contribution in [2.24, 2.45) is 0 Å². The van der Waals surface area contributed by atoms with Crippen molar-refractivity contribution >= 4 is 23.4 Å². The number of carbonyl (C=O) groups is 2. The van der Waals surface area contributed by atoms with Crippen molar-refractivity contribution in [3.05, 3.63) is 29.0 Å². The Balaban J connectivity index is 1.20. The van der Waals surface area contributed by atoms with Crippen LogP contribution in [0.25, 0.3) is 0 Å². The van der Waals surface area contributed by atoms with Crippen LogP contribution in [0.4, 0.5) is 17.6 Å². The number of nitrogens with one attached hydrogen (secondary N) is 3. The normalized spacial score (nSPS) is 30.9. The van der Waals surface area contributed by atoms with Crippen molar-refractivity contribution in [1.82, 2.24) is 16.0 Å². The van der Waals surface area contributed by atoms with Crippen LogP contribution in [0.5, 0.6) is 5.75 Å². The number of alkyl halides is 3. The molecule has 5 rings (SSSR count). The fraction of sp³-hybridized carbons (Fsp3) is 0.619. The van der Waals surface area contributed by atoms with Crippen LogP contribution in [0.3, 0.4) is 0 Å². The van der Waals surface area contributed by atoms with Gasteiger partial charge in [-0.1, -0.05) is 11.6 Å². The van der Waals surface area contributed by atoms with Crippen LogP contribution >= 0.6 is 11.6 Å². The average molecular weight is 494 g/mol. The Morgan fingerprint density at radius 3 is 2.45 bits per heavy atom. The van der Waals surface area contributed by atoms with Crippen LogP contribution in [0.2, 0.25) is 5.02 Å². The molecule has 12 heteroatoms. The second-order valence-electron chi connectivity index (χ2n) is 9.04. The Labute approximate surface area is 192 Å². The molecule has 1 aromatic rings. The van der Waals surface area contributed by atoms with E-state index in [1.807, 2.05) is 0 Å². The van der Waals surface area contributed by atoms with E-state index in [0.717, 1.165) is 6.07 Å². The van der Waals surface area contributed by atoms with Gasteiger partial charge in [-0.25, -0.2) is 4.39 Å². The second kappa shape index (κ2) is 8.92. The van der Waals surface area contributed by atoms with Crippen LogP contribution in [0.15, 0.2) is 18.2 Å². The SMILES string of the molecule is O=C(COc1ccc(Cl)c(F)c1)NC12CCC(NC(=O)C3CCC(OC(F)(F)F)CN3)(C1)C2. The van der Waals surface area contributed by atoms with Crippen LogP contribution in [0.1, 0.15) is 38.5 Å². The van der Waals surface area contributed by atoms with Gasteiger partial charge < -0.3 is 20.7 Å². The standard InChI is InChI=1S/C21H24ClF4N3O4/c22-14-3-1-12(7-15(14)23)32-9-17(30)28-19-5-6-20(10-19,11-19)29-18(31)16-4-2-13(8-27-16)33-21(24,25)26/h1,3,7,13,16,27H,2,4-6,8-11H2,(H,28,30)(H,29,31). The van der Waals surface area contributed by atoms with E-state index in [-0.39, 0.29) is 48.6 Å². The Bertz CT molecular complexity index is 915. The summed E-state index contributed by atoms with van der Waals surface area (Å²) < 4.78 is 59.8. The number of amides is 2. The highest BCUT2D eigenvalue weighted by Crippen LogP contribution is 2.55. The Morgan fingerprint density at radius 1 is 1.15 bits per heavy atom. The van der Waals surface area contributed by atoms with Gasteiger partial charge in [-0.2, -0.15) is 0 Å². The van der Waals surface area contributed by atoms with Gasteiger partial charge in [-0.05, 0) is 50.7 Å². The Hall–Kier alpha value is -2.11. The summed E-state index contributed by atoms with van der Waals surface area (Å²) in [6, 6.07) is 3.33. The summed E-state index contributed by atoms with van der Waals surface area (Å²) in [4.78, 5) is 24.9. The number of ether oxygens (including phenoxy) is 2. The minimum Gasteiger partial charge on any atom is -0.484 e. The average Bonchev–Trinajstić information content (AvgIpc) is 3.23. The van der Waals surface area contributed by atoms with E-state index in [9.17, 15) is 27.2 Å². The fourth-order valence-corrected chi connectivity index (χ4v) is 5.23. The number of halogens is 5. The van der Waals surface area contributed by atoms with E-state index in [0.29, 0.717) is 25.7 Å².